The highest BCUT2D eigenvalue weighted by Crippen LogP contribution is 2.31. The van der Waals surface area contributed by atoms with Crippen LogP contribution in [0.3, 0.4) is 0 Å². The van der Waals surface area contributed by atoms with Crippen molar-refractivity contribution in [3.05, 3.63) is 101 Å². The van der Waals surface area contributed by atoms with Gasteiger partial charge in [0.2, 0.25) is 5.91 Å². The van der Waals surface area contributed by atoms with Crippen LogP contribution in [0, 0.1) is 0 Å². The van der Waals surface area contributed by atoms with Crippen molar-refractivity contribution in [3.8, 4) is 0 Å². The summed E-state index contributed by atoms with van der Waals surface area (Å²) < 4.78 is 0. The molecule has 0 aliphatic carbocycles. The molecule has 1 aliphatic rings. The Kier molecular flexibility index (Phi) is 9.09. The van der Waals surface area contributed by atoms with Gasteiger partial charge in [-0.15, -0.1) is 0 Å². The molecule has 1 atom stereocenters. The molecule has 1 saturated heterocycles. The summed E-state index contributed by atoms with van der Waals surface area (Å²) in [5.41, 5.74) is 5.20. The second-order valence-electron chi connectivity index (χ2n) is 9.60. The van der Waals surface area contributed by atoms with Crippen LogP contribution in [0.1, 0.15) is 53.9 Å². The Morgan fingerprint density at radius 3 is 1.92 bits per heavy atom. The molecule has 194 valence electrons. The molecule has 2 amide bonds. The summed E-state index contributed by atoms with van der Waals surface area (Å²) in [5, 5.41) is 2.86. The van der Waals surface area contributed by atoms with Gasteiger partial charge in [-0.25, -0.2) is 0 Å². The molecule has 1 N–H and O–H groups in total. The maximum Gasteiger partial charge on any atom is 0.253 e. The lowest BCUT2D eigenvalue weighted by atomic mass is 9.95. The molecule has 0 spiro atoms. The first-order chi connectivity index (χ1) is 18.0. The number of nitrogens with one attached hydrogen (secondary N) is 1. The molecule has 6 heteroatoms. The smallest absolute Gasteiger partial charge is 0.253 e. The van der Waals surface area contributed by atoms with Crippen molar-refractivity contribution in [2.45, 2.75) is 33.4 Å². The van der Waals surface area contributed by atoms with Crippen LogP contribution in [0.2, 0.25) is 0 Å². The van der Waals surface area contributed by atoms with E-state index in [1.807, 2.05) is 43.0 Å². The lowest BCUT2D eigenvalue weighted by Gasteiger charge is -2.40. The van der Waals surface area contributed by atoms with Crippen LogP contribution in [0.15, 0.2) is 78.9 Å². The SMILES string of the molecule is CCN(CC)C(=O)c1ccc([C@H](c2ccc(NC(C)=O)cc2)N2CCN(Cc3ccccc3)CC2)cc1. The molecule has 3 aromatic rings. The number of benzene rings is 3. The zero-order chi connectivity index (χ0) is 26.2. The predicted octanol–water partition coefficient (Wildman–Crippen LogP) is 5.03. The van der Waals surface area contributed by atoms with Crippen LogP contribution in [-0.4, -0.2) is 65.8 Å². The van der Waals surface area contributed by atoms with E-state index in [0.29, 0.717) is 13.1 Å². The maximum absolute atomic E-state index is 12.8. The Labute approximate surface area is 220 Å². The van der Waals surface area contributed by atoms with E-state index in [0.717, 1.165) is 44.0 Å². The first-order valence-corrected chi connectivity index (χ1v) is 13.3. The van der Waals surface area contributed by atoms with Gasteiger partial charge in [0.05, 0.1) is 6.04 Å². The number of rotatable bonds is 9. The van der Waals surface area contributed by atoms with E-state index in [2.05, 4.69) is 69.7 Å². The van der Waals surface area contributed by atoms with E-state index < -0.39 is 0 Å². The molecule has 37 heavy (non-hydrogen) atoms. The number of carbonyl (C=O) groups excluding carboxylic acids is 2. The van der Waals surface area contributed by atoms with E-state index in [4.69, 9.17) is 0 Å². The third kappa shape index (κ3) is 6.85. The van der Waals surface area contributed by atoms with Gasteiger partial charge in [-0.05, 0) is 54.8 Å². The molecule has 6 nitrogen and oxygen atoms in total. The van der Waals surface area contributed by atoms with Crippen molar-refractivity contribution in [3.63, 3.8) is 0 Å². The van der Waals surface area contributed by atoms with Gasteiger partial charge in [-0.2, -0.15) is 0 Å². The minimum atomic E-state index is -0.0766. The molecule has 0 saturated carbocycles. The first-order valence-electron chi connectivity index (χ1n) is 13.3. The molecular formula is C31H38N4O2. The monoisotopic (exact) mass is 498 g/mol. The van der Waals surface area contributed by atoms with Gasteiger partial charge in [0.1, 0.15) is 0 Å². The van der Waals surface area contributed by atoms with Crippen LogP contribution in [0.4, 0.5) is 5.69 Å². The Hall–Kier alpha value is -3.48. The highest BCUT2D eigenvalue weighted by atomic mass is 16.2. The topological polar surface area (TPSA) is 55.9 Å². The van der Waals surface area contributed by atoms with Crippen molar-refractivity contribution in [1.82, 2.24) is 14.7 Å². The summed E-state index contributed by atoms with van der Waals surface area (Å²) >= 11 is 0. The standard InChI is InChI=1S/C31H38N4O2/c1-4-34(5-2)31(37)28-13-11-26(12-14-28)30(27-15-17-29(18-16-27)32-24(3)36)35-21-19-33(20-22-35)23-25-9-7-6-8-10-25/h6-18,30H,4-5,19-23H2,1-3H3,(H,32,36)/t30-/m1/s1. The minimum Gasteiger partial charge on any atom is -0.339 e. The lowest BCUT2D eigenvalue weighted by molar-refractivity contribution is -0.114. The highest BCUT2D eigenvalue weighted by molar-refractivity contribution is 5.94. The second-order valence-corrected chi connectivity index (χ2v) is 9.60. The summed E-state index contributed by atoms with van der Waals surface area (Å²) in [5.74, 6) is -0.00502. The van der Waals surface area contributed by atoms with Crippen molar-refractivity contribution in [2.24, 2.45) is 0 Å². The number of anilines is 1. The summed E-state index contributed by atoms with van der Waals surface area (Å²) in [6, 6.07) is 26.9. The van der Waals surface area contributed by atoms with E-state index in [-0.39, 0.29) is 17.9 Å². The van der Waals surface area contributed by atoms with E-state index >= 15 is 0 Å². The number of piperazine rings is 1. The average molecular weight is 499 g/mol. The molecule has 0 bridgehead atoms. The van der Waals surface area contributed by atoms with Gasteiger partial charge < -0.3 is 10.2 Å². The maximum atomic E-state index is 12.8. The normalized spacial score (nSPS) is 15.2. The number of amides is 2. The fourth-order valence-corrected chi connectivity index (χ4v) is 5.09. The van der Waals surface area contributed by atoms with Crippen molar-refractivity contribution < 1.29 is 9.59 Å². The minimum absolute atomic E-state index is 0.0716. The molecular weight excluding hydrogens is 460 g/mol. The van der Waals surface area contributed by atoms with E-state index in [9.17, 15) is 9.59 Å². The van der Waals surface area contributed by atoms with Crippen molar-refractivity contribution >= 4 is 17.5 Å². The molecule has 1 heterocycles. The Morgan fingerprint density at radius 2 is 1.38 bits per heavy atom. The van der Waals surface area contributed by atoms with Crippen LogP contribution >= 0.6 is 0 Å². The number of hydrogen-bond acceptors (Lipinski definition) is 4. The van der Waals surface area contributed by atoms with Crippen molar-refractivity contribution in [1.29, 1.82) is 0 Å². The molecule has 0 aromatic heterocycles. The van der Waals surface area contributed by atoms with Crippen LogP contribution < -0.4 is 5.32 Å². The third-order valence-electron chi connectivity index (χ3n) is 7.09. The van der Waals surface area contributed by atoms with Gasteiger partial charge in [0, 0.05) is 64.0 Å². The van der Waals surface area contributed by atoms with Gasteiger partial charge >= 0.3 is 0 Å². The summed E-state index contributed by atoms with van der Waals surface area (Å²) in [6.07, 6.45) is 0. The fourth-order valence-electron chi connectivity index (χ4n) is 5.09. The second kappa shape index (κ2) is 12.7. The zero-order valence-corrected chi connectivity index (χ0v) is 22.2. The quantitative estimate of drug-likeness (QED) is 0.449. The number of nitrogens with zero attached hydrogens (tertiary/aromatic N) is 3. The van der Waals surface area contributed by atoms with Gasteiger partial charge in [-0.1, -0.05) is 54.6 Å². The van der Waals surface area contributed by atoms with Gasteiger partial charge in [-0.3, -0.25) is 19.4 Å². The largest absolute Gasteiger partial charge is 0.339 e. The molecule has 1 aliphatic heterocycles. The summed E-state index contributed by atoms with van der Waals surface area (Å²) in [4.78, 5) is 31.2. The molecule has 1 fully saturated rings. The highest BCUT2D eigenvalue weighted by Gasteiger charge is 2.27. The summed E-state index contributed by atoms with van der Waals surface area (Å²) in [7, 11) is 0. The van der Waals surface area contributed by atoms with E-state index in [1.54, 1.807) is 0 Å². The first kappa shape index (κ1) is 26.6. The van der Waals surface area contributed by atoms with Crippen LogP contribution in [-0.2, 0) is 11.3 Å². The molecule has 4 rings (SSSR count). The number of carbonyl (C=O) groups is 2. The lowest BCUT2D eigenvalue weighted by Crippen LogP contribution is -2.47. The summed E-state index contributed by atoms with van der Waals surface area (Å²) in [6.45, 7) is 11.8. The Balaban J connectivity index is 1.55. The number of hydrogen-bond donors (Lipinski definition) is 1. The van der Waals surface area contributed by atoms with Crippen LogP contribution in [0.25, 0.3) is 0 Å². The van der Waals surface area contributed by atoms with Crippen molar-refractivity contribution in [2.75, 3.05) is 44.6 Å². The fraction of sp³-hybridized carbons (Fsp3) is 0.355. The Bertz CT molecular complexity index is 1150. The average Bonchev–Trinajstić information content (AvgIpc) is 2.92. The van der Waals surface area contributed by atoms with E-state index in [1.165, 1.54) is 23.6 Å². The zero-order valence-electron chi connectivity index (χ0n) is 22.2. The van der Waals surface area contributed by atoms with Gasteiger partial charge in [0.15, 0.2) is 0 Å². The molecule has 0 radical (unpaired) electrons. The predicted molar refractivity (Wildman–Crippen MR) is 150 cm³/mol. The van der Waals surface area contributed by atoms with Gasteiger partial charge in [0.25, 0.3) is 5.91 Å². The molecule has 3 aromatic carbocycles. The Morgan fingerprint density at radius 1 is 0.811 bits per heavy atom. The van der Waals surface area contributed by atoms with Crippen LogP contribution in [0.5, 0.6) is 0 Å². The third-order valence-corrected chi connectivity index (χ3v) is 7.09. The molecule has 0 unspecified atom stereocenters.